The summed E-state index contributed by atoms with van der Waals surface area (Å²) >= 11 is 0. The minimum atomic E-state index is -0.806. The lowest BCUT2D eigenvalue weighted by atomic mass is 9.87. The van der Waals surface area contributed by atoms with Gasteiger partial charge in [0, 0.05) is 47.4 Å². The summed E-state index contributed by atoms with van der Waals surface area (Å²) in [6, 6.07) is -0.00679. The highest BCUT2D eigenvalue weighted by Crippen LogP contribution is 2.24. The number of hydrogen-bond acceptors (Lipinski definition) is 3. The van der Waals surface area contributed by atoms with Gasteiger partial charge in [-0.15, -0.1) is 0 Å². The Hall–Kier alpha value is -1.11. The number of likely N-dealkylation sites (tertiary alicyclic amines) is 1. The first-order valence-corrected chi connectivity index (χ1v) is 8.09. The van der Waals surface area contributed by atoms with Crippen molar-refractivity contribution in [2.75, 3.05) is 24.6 Å². The number of urea groups is 1. The Kier molecular flexibility index (Phi) is 4.44. The molecule has 2 aliphatic heterocycles. The number of hydrogen-bond donors (Lipinski definition) is 2. The molecule has 0 saturated carbocycles. The van der Waals surface area contributed by atoms with E-state index in [1.165, 1.54) is 0 Å². The molecule has 0 aromatic heterocycles. The molecule has 2 heterocycles. The molecule has 0 aliphatic carbocycles. The van der Waals surface area contributed by atoms with E-state index in [0.717, 1.165) is 12.8 Å². The van der Waals surface area contributed by atoms with Crippen LogP contribution in [0.5, 0.6) is 0 Å². The largest absolute Gasteiger partial charge is 0.481 e. The van der Waals surface area contributed by atoms with Crippen LogP contribution < -0.4 is 5.32 Å². The first-order valence-electron chi connectivity index (χ1n) is 6.60. The SMILES string of the molecule is CC(C(=O)O)C1CN(C(=O)NC2CCS(=O)CC2)C1. The Morgan fingerprint density at radius 3 is 2.42 bits per heavy atom. The van der Waals surface area contributed by atoms with Gasteiger partial charge in [0.15, 0.2) is 0 Å². The second kappa shape index (κ2) is 5.90. The number of nitrogens with zero attached hydrogens (tertiary/aromatic N) is 1. The normalized spacial score (nSPS) is 29.4. The van der Waals surface area contributed by atoms with E-state index in [4.69, 9.17) is 5.11 Å². The Morgan fingerprint density at radius 1 is 1.32 bits per heavy atom. The molecule has 2 rings (SSSR count). The highest BCUT2D eigenvalue weighted by molar-refractivity contribution is 7.85. The summed E-state index contributed by atoms with van der Waals surface area (Å²) in [7, 11) is -0.722. The average molecular weight is 288 g/mol. The number of carboxylic acids is 1. The first-order chi connectivity index (χ1) is 8.97. The van der Waals surface area contributed by atoms with Crippen molar-refractivity contribution in [3.8, 4) is 0 Å². The Labute approximate surface area is 115 Å². The molecule has 2 amide bonds. The number of carboxylic acid groups (broad SMARTS) is 1. The fourth-order valence-corrected chi connectivity index (χ4v) is 3.70. The van der Waals surface area contributed by atoms with E-state index in [1.54, 1.807) is 11.8 Å². The molecule has 1 atom stereocenters. The van der Waals surface area contributed by atoms with Crippen LogP contribution >= 0.6 is 0 Å². The summed E-state index contributed by atoms with van der Waals surface area (Å²) in [5, 5.41) is 11.8. The monoisotopic (exact) mass is 288 g/mol. The molecular formula is C12H20N2O4S. The molecule has 2 saturated heterocycles. The fraction of sp³-hybridized carbons (Fsp3) is 0.833. The smallest absolute Gasteiger partial charge is 0.317 e. The second-order valence-electron chi connectivity index (χ2n) is 5.36. The van der Waals surface area contributed by atoms with Gasteiger partial charge in [0.25, 0.3) is 0 Å². The van der Waals surface area contributed by atoms with Crippen molar-refractivity contribution >= 4 is 22.8 Å². The standard InChI is InChI=1S/C12H20N2O4S/c1-8(11(15)16)9-6-14(7-9)12(17)13-10-2-4-19(18)5-3-10/h8-10H,2-7H2,1H3,(H,13,17)(H,15,16). The third-order valence-electron chi connectivity index (χ3n) is 4.01. The van der Waals surface area contributed by atoms with Gasteiger partial charge in [0.05, 0.1) is 5.92 Å². The van der Waals surface area contributed by atoms with Gasteiger partial charge in [-0.2, -0.15) is 0 Å². The highest BCUT2D eigenvalue weighted by atomic mass is 32.2. The second-order valence-corrected chi connectivity index (χ2v) is 7.06. The van der Waals surface area contributed by atoms with Crippen LogP contribution in [0, 0.1) is 11.8 Å². The van der Waals surface area contributed by atoms with Gasteiger partial charge in [-0.3, -0.25) is 9.00 Å². The molecule has 1 unspecified atom stereocenters. The Balaban J connectivity index is 1.71. The lowest BCUT2D eigenvalue weighted by Gasteiger charge is -2.41. The van der Waals surface area contributed by atoms with Crippen LogP contribution in [-0.4, -0.2) is 56.9 Å². The summed E-state index contributed by atoms with van der Waals surface area (Å²) in [6.45, 7) is 2.70. The maximum absolute atomic E-state index is 11.9. The van der Waals surface area contributed by atoms with Gasteiger partial charge < -0.3 is 15.3 Å². The number of carbonyl (C=O) groups is 2. The van der Waals surface area contributed by atoms with Gasteiger partial charge in [-0.05, 0) is 12.8 Å². The van der Waals surface area contributed by atoms with Crippen LogP contribution in [-0.2, 0) is 15.6 Å². The van der Waals surface area contributed by atoms with Crippen molar-refractivity contribution in [2.45, 2.75) is 25.8 Å². The molecule has 0 radical (unpaired) electrons. The minimum Gasteiger partial charge on any atom is -0.481 e. The summed E-state index contributed by atoms with van der Waals surface area (Å²) < 4.78 is 11.2. The van der Waals surface area contributed by atoms with E-state index in [0.29, 0.717) is 24.6 Å². The Morgan fingerprint density at radius 2 is 1.89 bits per heavy atom. The summed E-state index contributed by atoms with van der Waals surface area (Å²) in [4.78, 5) is 24.4. The van der Waals surface area contributed by atoms with Gasteiger partial charge in [-0.1, -0.05) is 6.92 Å². The average Bonchev–Trinajstić information content (AvgIpc) is 2.30. The van der Waals surface area contributed by atoms with Crippen molar-refractivity contribution in [1.82, 2.24) is 10.2 Å². The zero-order chi connectivity index (χ0) is 14.0. The molecule has 0 aromatic carbocycles. The van der Waals surface area contributed by atoms with Crippen LogP contribution in [0.25, 0.3) is 0 Å². The number of nitrogens with one attached hydrogen (secondary N) is 1. The predicted octanol–water partition coefficient (Wildman–Crippen LogP) is 0.260. The van der Waals surface area contributed by atoms with Gasteiger partial charge in [0.1, 0.15) is 0 Å². The highest BCUT2D eigenvalue weighted by Gasteiger charge is 2.37. The molecule has 0 bridgehead atoms. The number of amides is 2. The van der Waals surface area contributed by atoms with Gasteiger partial charge >= 0.3 is 12.0 Å². The van der Waals surface area contributed by atoms with E-state index in [1.807, 2.05) is 0 Å². The van der Waals surface area contributed by atoms with Crippen LogP contribution in [0.3, 0.4) is 0 Å². The van der Waals surface area contributed by atoms with Crippen molar-refractivity contribution in [1.29, 1.82) is 0 Å². The van der Waals surface area contributed by atoms with Crippen LogP contribution in [0.2, 0.25) is 0 Å². The van der Waals surface area contributed by atoms with Crippen molar-refractivity contribution in [2.24, 2.45) is 11.8 Å². The molecule has 2 fully saturated rings. The molecule has 6 nitrogen and oxygen atoms in total. The molecule has 2 aliphatic rings. The third kappa shape index (κ3) is 3.46. The van der Waals surface area contributed by atoms with E-state index in [9.17, 15) is 13.8 Å². The summed E-state index contributed by atoms with van der Waals surface area (Å²) in [5.41, 5.74) is 0. The third-order valence-corrected chi connectivity index (χ3v) is 5.39. The van der Waals surface area contributed by atoms with E-state index >= 15 is 0 Å². The molecule has 19 heavy (non-hydrogen) atoms. The first kappa shape index (κ1) is 14.3. The topological polar surface area (TPSA) is 86.7 Å². The van der Waals surface area contributed by atoms with Crippen LogP contribution in [0.1, 0.15) is 19.8 Å². The van der Waals surface area contributed by atoms with Gasteiger partial charge in [0.2, 0.25) is 0 Å². The lowest BCUT2D eigenvalue weighted by molar-refractivity contribution is -0.144. The lowest BCUT2D eigenvalue weighted by Crippen LogP contribution is -2.58. The van der Waals surface area contributed by atoms with Crippen LogP contribution in [0.4, 0.5) is 4.79 Å². The maximum atomic E-state index is 11.9. The minimum absolute atomic E-state index is 0.0575. The van der Waals surface area contributed by atoms with Crippen molar-refractivity contribution in [3.63, 3.8) is 0 Å². The zero-order valence-corrected chi connectivity index (χ0v) is 11.8. The summed E-state index contributed by atoms with van der Waals surface area (Å²) in [6.07, 6.45) is 1.53. The maximum Gasteiger partial charge on any atom is 0.317 e. The van der Waals surface area contributed by atoms with E-state index < -0.39 is 22.7 Å². The molecule has 7 heteroatoms. The predicted molar refractivity (Wildman–Crippen MR) is 71.3 cm³/mol. The zero-order valence-electron chi connectivity index (χ0n) is 11.0. The molecular weight excluding hydrogens is 268 g/mol. The van der Waals surface area contributed by atoms with Crippen LogP contribution in [0.15, 0.2) is 0 Å². The molecule has 2 N–H and O–H groups in total. The molecule has 0 aromatic rings. The van der Waals surface area contributed by atoms with E-state index in [-0.39, 0.29) is 18.0 Å². The molecule has 0 spiro atoms. The Bertz CT molecular complexity index is 385. The van der Waals surface area contributed by atoms with E-state index in [2.05, 4.69) is 5.32 Å². The number of carbonyl (C=O) groups excluding carboxylic acids is 1. The quantitative estimate of drug-likeness (QED) is 0.780. The number of rotatable bonds is 3. The molecule has 108 valence electrons. The number of aliphatic carboxylic acids is 1. The van der Waals surface area contributed by atoms with Crippen molar-refractivity contribution < 1.29 is 18.9 Å². The summed E-state index contributed by atoms with van der Waals surface area (Å²) in [5.74, 6) is 0.163. The fourth-order valence-electron chi connectivity index (χ4n) is 2.40. The van der Waals surface area contributed by atoms with Crippen molar-refractivity contribution in [3.05, 3.63) is 0 Å². The van der Waals surface area contributed by atoms with Gasteiger partial charge in [-0.25, -0.2) is 4.79 Å².